The zero-order valence-electron chi connectivity index (χ0n) is 6.56. The van der Waals surface area contributed by atoms with Crippen LogP contribution in [0.15, 0.2) is 0 Å². The first kappa shape index (κ1) is 8.64. The van der Waals surface area contributed by atoms with Crippen molar-refractivity contribution in [2.24, 2.45) is 0 Å². The van der Waals surface area contributed by atoms with Gasteiger partial charge in [0.1, 0.15) is 6.29 Å². The van der Waals surface area contributed by atoms with E-state index in [4.69, 9.17) is 9.84 Å². The van der Waals surface area contributed by atoms with Crippen molar-refractivity contribution in [1.82, 2.24) is 4.90 Å². The summed E-state index contributed by atoms with van der Waals surface area (Å²) in [5, 5.41) is 8.84. The Bertz CT molecular complexity index is 140. The van der Waals surface area contributed by atoms with Crippen molar-refractivity contribution in [2.45, 2.75) is 12.1 Å². The van der Waals surface area contributed by atoms with Gasteiger partial charge in [-0.2, -0.15) is 0 Å². The molecule has 1 unspecified atom stereocenters. The minimum Gasteiger partial charge on any atom is -0.395 e. The van der Waals surface area contributed by atoms with Gasteiger partial charge in [0.05, 0.1) is 31.9 Å². The molecule has 0 radical (unpaired) electrons. The molecule has 1 fully saturated rings. The van der Waals surface area contributed by atoms with Gasteiger partial charge in [-0.15, -0.1) is 0 Å². The van der Waals surface area contributed by atoms with Gasteiger partial charge in [0.25, 0.3) is 0 Å². The third-order valence-corrected chi connectivity index (χ3v) is 2.07. The molecular formula is C7H13NO3. The average molecular weight is 159 g/mol. The van der Waals surface area contributed by atoms with Crippen molar-refractivity contribution < 1.29 is 14.6 Å². The molecule has 1 rings (SSSR count). The topological polar surface area (TPSA) is 49.8 Å². The molecule has 4 nitrogen and oxygen atoms in total. The average Bonchev–Trinajstić information content (AvgIpc) is 2.05. The Morgan fingerprint density at radius 2 is 2.45 bits per heavy atom. The van der Waals surface area contributed by atoms with E-state index in [1.807, 2.05) is 11.9 Å². The maximum Gasteiger partial charge on any atom is 0.139 e. The van der Waals surface area contributed by atoms with Crippen LogP contribution in [0.5, 0.6) is 0 Å². The van der Waals surface area contributed by atoms with Gasteiger partial charge in [0.2, 0.25) is 0 Å². The number of rotatable bonds is 2. The Morgan fingerprint density at radius 1 is 1.73 bits per heavy atom. The van der Waals surface area contributed by atoms with E-state index in [0.717, 1.165) is 6.29 Å². The highest BCUT2D eigenvalue weighted by molar-refractivity contribution is 5.58. The number of hydrogen-bond acceptors (Lipinski definition) is 4. The molecule has 0 spiro atoms. The minimum atomic E-state index is -0.194. The summed E-state index contributed by atoms with van der Waals surface area (Å²) in [5.41, 5.74) is 0. The second kappa shape index (κ2) is 3.80. The maximum absolute atomic E-state index is 10.4. The van der Waals surface area contributed by atoms with Crippen LogP contribution in [0.1, 0.15) is 0 Å². The number of nitrogens with zero attached hydrogens (tertiary/aromatic N) is 1. The van der Waals surface area contributed by atoms with Gasteiger partial charge in [-0.25, -0.2) is 0 Å². The molecule has 64 valence electrons. The van der Waals surface area contributed by atoms with Gasteiger partial charge in [-0.05, 0) is 7.05 Å². The molecule has 1 N–H and O–H groups in total. The number of likely N-dealkylation sites (N-methyl/N-ethyl adjacent to an activating group) is 1. The number of ether oxygens (including phenoxy) is 1. The first-order valence-corrected chi connectivity index (χ1v) is 3.65. The number of aliphatic hydroxyl groups excluding tert-OH is 1. The van der Waals surface area contributed by atoms with Crippen LogP contribution in [0.25, 0.3) is 0 Å². The lowest BCUT2D eigenvalue weighted by molar-refractivity contribution is -0.121. The largest absolute Gasteiger partial charge is 0.395 e. The normalized spacial score (nSPS) is 33.6. The fourth-order valence-corrected chi connectivity index (χ4v) is 1.15. The van der Waals surface area contributed by atoms with E-state index in [0.29, 0.717) is 13.2 Å². The molecule has 0 bridgehead atoms. The summed E-state index contributed by atoms with van der Waals surface area (Å²) in [5.74, 6) is 0. The Labute approximate surface area is 65.8 Å². The molecule has 0 aromatic rings. The zero-order valence-corrected chi connectivity index (χ0v) is 6.56. The Kier molecular flexibility index (Phi) is 2.99. The van der Waals surface area contributed by atoms with Crippen LogP contribution in [-0.4, -0.2) is 55.2 Å². The smallest absolute Gasteiger partial charge is 0.139 e. The summed E-state index contributed by atoms with van der Waals surface area (Å²) in [6.07, 6.45) is 0.849. The zero-order chi connectivity index (χ0) is 8.27. The maximum atomic E-state index is 10.4. The lowest BCUT2D eigenvalue weighted by atomic mass is 10.2. The monoisotopic (exact) mass is 159 g/mol. The molecule has 11 heavy (non-hydrogen) atoms. The Balaban J connectivity index is 2.51. The van der Waals surface area contributed by atoms with Gasteiger partial charge in [-0.1, -0.05) is 0 Å². The van der Waals surface area contributed by atoms with Crippen LogP contribution in [0.2, 0.25) is 0 Å². The summed E-state index contributed by atoms with van der Waals surface area (Å²) in [4.78, 5) is 12.3. The van der Waals surface area contributed by atoms with Gasteiger partial charge in [0, 0.05) is 0 Å². The lowest BCUT2D eigenvalue weighted by Crippen LogP contribution is -2.52. The summed E-state index contributed by atoms with van der Waals surface area (Å²) in [6.45, 7) is 0.995. The minimum absolute atomic E-state index is 0.0288. The summed E-state index contributed by atoms with van der Waals surface area (Å²) in [6, 6.07) is -0.222. The fourth-order valence-electron chi connectivity index (χ4n) is 1.15. The number of aldehydes is 1. The molecule has 0 saturated carbocycles. The molecule has 0 aliphatic carbocycles. The first-order valence-electron chi connectivity index (χ1n) is 3.65. The van der Waals surface area contributed by atoms with Crippen LogP contribution in [0.4, 0.5) is 0 Å². The standard InChI is InChI=1S/C7H13NO3/c1-8-6(2-9)4-11-5-7(8)3-10/h2,6-7,10H,3-5H2,1H3/t6?,7-/m0/s1. The highest BCUT2D eigenvalue weighted by Crippen LogP contribution is 2.08. The molecule has 1 aliphatic heterocycles. The highest BCUT2D eigenvalue weighted by Gasteiger charge is 2.26. The van der Waals surface area contributed by atoms with Crippen LogP contribution in [-0.2, 0) is 9.53 Å². The molecule has 1 saturated heterocycles. The molecule has 2 atom stereocenters. The van der Waals surface area contributed by atoms with Crippen molar-refractivity contribution in [3.63, 3.8) is 0 Å². The van der Waals surface area contributed by atoms with E-state index in [1.54, 1.807) is 0 Å². The molecular weight excluding hydrogens is 146 g/mol. The van der Waals surface area contributed by atoms with E-state index in [9.17, 15) is 4.79 Å². The lowest BCUT2D eigenvalue weighted by Gasteiger charge is -2.35. The predicted molar refractivity (Wildman–Crippen MR) is 39.3 cm³/mol. The molecule has 0 amide bonds. The van der Waals surface area contributed by atoms with E-state index in [2.05, 4.69) is 0 Å². The SMILES string of the molecule is CN1C(C=O)COC[C@@H]1CO. The third kappa shape index (κ3) is 1.77. The number of carbonyl (C=O) groups excluding carboxylic acids is 1. The molecule has 0 aromatic heterocycles. The first-order chi connectivity index (χ1) is 5.29. The van der Waals surface area contributed by atoms with Crippen LogP contribution in [0, 0.1) is 0 Å². The van der Waals surface area contributed by atoms with Crippen molar-refractivity contribution >= 4 is 6.29 Å². The number of aliphatic hydroxyl groups is 1. The molecule has 1 aliphatic rings. The van der Waals surface area contributed by atoms with Gasteiger partial charge < -0.3 is 14.6 Å². The van der Waals surface area contributed by atoms with Crippen molar-refractivity contribution in [2.75, 3.05) is 26.9 Å². The number of hydrogen-bond donors (Lipinski definition) is 1. The van der Waals surface area contributed by atoms with E-state index < -0.39 is 0 Å². The van der Waals surface area contributed by atoms with Gasteiger partial charge in [-0.3, -0.25) is 4.90 Å². The molecule has 0 aromatic carbocycles. The second-order valence-electron chi connectivity index (χ2n) is 2.74. The van der Waals surface area contributed by atoms with E-state index in [1.165, 1.54) is 0 Å². The van der Waals surface area contributed by atoms with Crippen LogP contribution < -0.4 is 0 Å². The highest BCUT2D eigenvalue weighted by atomic mass is 16.5. The van der Waals surface area contributed by atoms with E-state index in [-0.39, 0.29) is 18.7 Å². The molecule has 1 heterocycles. The van der Waals surface area contributed by atoms with Gasteiger partial charge in [0.15, 0.2) is 0 Å². The summed E-state index contributed by atoms with van der Waals surface area (Å²) >= 11 is 0. The fraction of sp³-hybridized carbons (Fsp3) is 0.857. The Morgan fingerprint density at radius 3 is 3.00 bits per heavy atom. The van der Waals surface area contributed by atoms with Crippen molar-refractivity contribution in [3.8, 4) is 0 Å². The Hall–Kier alpha value is -0.450. The third-order valence-electron chi connectivity index (χ3n) is 2.07. The van der Waals surface area contributed by atoms with Crippen LogP contribution >= 0.6 is 0 Å². The predicted octanol–water partition coefficient (Wildman–Crippen LogP) is -1.12. The quantitative estimate of drug-likeness (QED) is 0.518. The van der Waals surface area contributed by atoms with Crippen molar-refractivity contribution in [3.05, 3.63) is 0 Å². The van der Waals surface area contributed by atoms with E-state index >= 15 is 0 Å². The number of morpholine rings is 1. The molecule has 4 heteroatoms. The summed E-state index contributed by atoms with van der Waals surface area (Å²) < 4.78 is 5.11. The summed E-state index contributed by atoms with van der Waals surface area (Å²) in [7, 11) is 1.82. The van der Waals surface area contributed by atoms with Gasteiger partial charge >= 0.3 is 0 Å². The van der Waals surface area contributed by atoms with Crippen LogP contribution in [0.3, 0.4) is 0 Å². The number of carbonyl (C=O) groups is 1. The second-order valence-corrected chi connectivity index (χ2v) is 2.74. The van der Waals surface area contributed by atoms with Crippen molar-refractivity contribution in [1.29, 1.82) is 0 Å².